The zero-order chi connectivity index (χ0) is 12.7. The Hall–Kier alpha value is -1.99. The molecule has 0 heterocycles. The lowest BCUT2D eigenvalue weighted by Gasteiger charge is -2.08. The Morgan fingerprint density at radius 2 is 2.06 bits per heavy atom. The molecule has 0 aliphatic rings. The summed E-state index contributed by atoms with van der Waals surface area (Å²) in [5.74, 6) is 1.39. The molecule has 0 fully saturated rings. The van der Waals surface area contributed by atoms with Gasteiger partial charge in [0, 0.05) is 12.5 Å². The number of hydrogen-bond acceptors (Lipinski definition) is 3. The lowest BCUT2D eigenvalue weighted by Crippen LogP contribution is -1.97. The number of ketones is 1. The SMILES string of the molecule is C=C=CC(=O)CCc1ccc(OC)c(OC)c1. The van der Waals surface area contributed by atoms with E-state index >= 15 is 0 Å². The van der Waals surface area contributed by atoms with Crippen LogP contribution in [0.2, 0.25) is 0 Å². The fourth-order valence-electron chi connectivity index (χ4n) is 1.49. The van der Waals surface area contributed by atoms with Gasteiger partial charge >= 0.3 is 0 Å². The number of methoxy groups -OCH3 is 2. The average molecular weight is 232 g/mol. The molecule has 3 nitrogen and oxygen atoms in total. The third-order valence-electron chi connectivity index (χ3n) is 2.37. The Morgan fingerprint density at radius 1 is 1.35 bits per heavy atom. The lowest BCUT2D eigenvalue weighted by atomic mass is 10.1. The molecule has 0 atom stereocenters. The summed E-state index contributed by atoms with van der Waals surface area (Å²) in [4.78, 5) is 11.3. The molecule has 1 rings (SSSR count). The van der Waals surface area contributed by atoms with Crippen LogP contribution in [0.1, 0.15) is 12.0 Å². The van der Waals surface area contributed by atoms with E-state index in [9.17, 15) is 4.79 Å². The van der Waals surface area contributed by atoms with Crippen LogP contribution in [0, 0.1) is 0 Å². The summed E-state index contributed by atoms with van der Waals surface area (Å²) < 4.78 is 10.3. The molecule has 0 bridgehead atoms. The van der Waals surface area contributed by atoms with E-state index in [1.807, 2.05) is 18.2 Å². The first kappa shape index (κ1) is 13.1. The van der Waals surface area contributed by atoms with Crippen molar-refractivity contribution in [2.45, 2.75) is 12.8 Å². The summed E-state index contributed by atoms with van der Waals surface area (Å²) in [6.45, 7) is 3.37. The highest BCUT2D eigenvalue weighted by molar-refractivity contribution is 5.89. The van der Waals surface area contributed by atoms with Crippen molar-refractivity contribution in [1.82, 2.24) is 0 Å². The van der Waals surface area contributed by atoms with Crippen LogP contribution in [0.4, 0.5) is 0 Å². The highest BCUT2D eigenvalue weighted by Gasteiger charge is 2.05. The van der Waals surface area contributed by atoms with Crippen LogP contribution < -0.4 is 9.47 Å². The number of ether oxygens (including phenoxy) is 2. The Labute approximate surface area is 101 Å². The van der Waals surface area contributed by atoms with Crippen molar-refractivity contribution in [3.05, 3.63) is 42.1 Å². The summed E-state index contributed by atoms with van der Waals surface area (Å²) in [5, 5.41) is 0. The second-order valence-electron chi connectivity index (χ2n) is 3.50. The van der Waals surface area contributed by atoms with Crippen LogP contribution in [0.3, 0.4) is 0 Å². The third-order valence-corrected chi connectivity index (χ3v) is 2.37. The van der Waals surface area contributed by atoms with Crippen molar-refractivity contribution in [3.8, 4) is 11.5 Å². The van der Waals surface area contributed by atoms with Crippen molar-refractivity contribution in [2.24, 2.45) is 0 Å². The number of carbonyl (C=O) groups excluding carboxylic acids is 1. The second-order valence-corrected chi connectivity index (χ2v) is 3.50. The van der Waals surface area contributed by atoms with Gasteiger partial charge in [-0.3, -0.25) is 4.79 Å². The van der Waals surface area contributed by atoms with Gasteiger partial charge in [0.1, 0.15) is 0 Å². The highest BCUT2D eigenvalue weighted by atomic mass is 16.5. The van der Waals surface area contributed by atoms with Crippen molar-refractivity contribution in [2.75, 3.05) is 14.2 Å². The zero-order valence-corrected chi connectivity index (χ0v) is 10.2. The van der Waals surface area contributed by atoms with E-state index in [1.165, 1.54) is 6.08 Å². The summed E-state index contributed by atoms with van der Waals surface area (Å²) in [6, 6.07) is 5.64. The van der Waals surface area contributed by atoms with Gasteiger partial charge in [0.2, 0.25) is 0 Å². The molecule has 1 aromatic rings. The van der Waals surface area contributed by atoms with Crippen molar-refractivity contribution in [1.29, 1.82) is 0 Å². The molecule has 0 saturated carbocycles. The molecule has 0 saturated heterocycles. The van der Waals surface area contributed by atoms with Gasteiger partial charge in [-0.05, 0) is 24.1 Å². The first-order chi connectivity index (χ1) is 8.21. The molecule has 0 N–H and O–H groups in total. The fourth-order valence-corrected chi connectivity index (χ4v) is 1.49. The van der Waals surface area contributed by atoms with Crippen molar-refractivity contribution < 1.29 is 14.3 Å². The predicted molar refractivity (Wildman–Crippen MR) is 66.6 cm³/mol. The largest absolute Gasteiger partial charge is 0.493 e. The maximum absolute atomic E-state index is 11.3. The van der Waals surface area contributed by atoms with E-state index in [2.05, 4.69) is 12.3 Å². The molecule has 0 aliphatic carbocycles. The fraction of sp³-hybridized carbons (Fsp3) is 0.286. The molecule has 0 amide bonds. The quantitative estimate of drug-likeness (QED) is 0.558. The number of hydrogen-bond donors (Lipinski definition) is 0. The van der Waals surface area contributed by atoms with Gasteiger partial charge in [0.25, 0.3) is 0 Å². The number of benzene rings is 1. The van der Waals surface area contributed by atoms with E-state index in [0.717, 1.165) is 5.56 Å². The molecular weight excluding hydrogens is 216 g/mol. The molecule has 3 heteroatoms. The first-order valence-electron chi connectivity index (χ1n) is 5.30. The molecule has 0 aromatic heterocycles. The molecular formula is C14H16O3. The van der Waals surface area contributed by atoms with Crippen LogP contribution in [-0.2, 0) is 11.2 Å². The van der Waals surface area contributed by atoms with Crippen molar-refractivity contribution >= 4 is 5.78 Å². The minimum atomic E-state index is 0.0229. The number of aryl methyl sites for hydroxylation is 1. The summed E-state index contributed by atoms with van der Waals surface area (Å²) in [5.41, 5.74) is 3.51. The maximum Gasteiger partial charge on any atom is 0.163 e. The highest BCUT2D eigenvalue weighted by Crippen LogP contribution is 2.27. The van der Waals surface area contributed by atoms with Gasteiger partial charge in [0.05, 0.1) is 14.2 Å². The van der Waals surface area contributed by atoms with E-state index in [1.54, 1.807) is 14.2 Å². The second kappa shape index (κ2) is 6.56. The molecule has 1 aromatic carbocycles. The average Bonchev–Trinajstić information content (AvgIpc) is 2.36. The monoisotopic (exact) mass is 232 g/mol. The van der Waals surface area contributed by atoms with Gasteiger partial charge in [-0.1, -0.05) is 12.6 Å². The number of carbonyl (C=O) groups is 1. The maximum atomic E-state index is 11.3. The minimum Gasteiger partial charge on any atom is -0.493 e. The molecule has 90 valence electrons. The summed E-state index contributed by atoms with van der Waals surface area (Å²) in [7, 11) is 3.18. The molecule has 0 aliphatic heterocycles. The van der Waals surface area contributed by atoms with E-state index < -0.39 is 0 Å². The van der Waals surface area contributed by atoms with Crippen LogP contribution in [-0.4, -0.2) is 20.0 Å². The summed E-state index contributed by atoms with van der Waals surface area (Å²) >= 11 is 0. The minimum absolute atomic E-state index is 0.0229. The van der Waals surface area contributed by atoms with Gasteiger partial charge in [0.15, 0.2) is 17.3 Å². The molecule has 0 unspecified atom stereocenters. The van der Waals surface area contributed by atoms with Gasteiger partial charge < -0.3 is 9.47 Å². The molecule has 0 spiro atoms. The molecule has 0 radical (unpaired) electrons. The molecule has 17 heavy (non-hydrogen) atoms. The third kappa shape index (κ3) is 3.82. The van der Waals surface area contributed by atoms with E-state index in [-0.39, 0.29) is 5.78 Å². The predicted octanol–water partition coefficient (Wildman–Crippen LogP) is 2.55. The Bertz CT molecular complexity index is 443. The Kier molecular flexibility index (Phi) is 5.05. The van der Waals surface area contributed by atoms with Gasteiger partial charge in [-0.15, -0.1) is 5.73 Å². The smallest absolute Gasteiger partial charge is 0.163 e. The first-order valence-corrected chi connectivity index (χ1v) is 5.30. The summed E-state index contributed by atoms with van der Waals surface area (Å²) in [6.07, 6.45) is 2.47. The van der Waals surface area contributed by atoms with Crippen LogP contribution in [0.15, 0.2) is 36.6 Å². The Balaban J connectivity index is 2.72. The van der Waals surface area contributed by atoms with Crippen LogP contribution in [0.25, 0.3) is 0 Å². The number of rotatable bonds is 6. The normalized spacial score (nSPS) is 9.29. The van der Waals surface area contributed by atoms with E-state index in [4.69, 9.17) is 9.47 Å². The van der Waals surface area contributed by atoms with Gasteiger partial charge in [-0.2, -0.15) is 0 Å². The van der Waals surface area contributed by atoms with Crippen LogP contribution >= 0.6 is 0 Å². The lowest BCUT2D eigenvalue weighted by molar-refractivity contribution is -0.114. The van der Waals surface area contributed by atoms with Gasteiger partial charge in [-0.25, -0.2) is 0 Å². The Morgan fingerprint density at radius 3 is 2.65 bits per heavy atom. The topological polar surface area (TPSA) is 35.5 Å². The van der Waals surface area contributed by atoms with E-state index in [0.29, 0.717) is 24.3 Å². The number of allylic oxidation sites excluding steroid dienone is 1. The zero-order valence-electron chi connectivity index (χ0n) is 10.2. The van der Waals surface area contributed by atoms with Crippen LogP contribution in [0.5, 0.6) is 11.5 Å². The van der Waals surface area contributed by atoms with Crippen molar-refractivity contribution in [3.63, 3.8) is 0 Å². The standard InChI is InChI=1S/C14H16O3/c1-4-5-12(15)8-6-11-7-9-13(16-2)14(10-11)17-3/h5,7,9-10H,1,6,8H2,2-3H3.